The molecule has 0 radical (unpaired) electrons. The topological polar surface area (TPSA) is 66.9 Å². The van der Waals surface area contributed by atoms with E-state index in [4.69, 9.17) is 0 Å². The largest absolute Gasteiger partial charge is 0.354 e. The van der Waals surface area contributed by atoms with Gasteiger partial charge in [0.2, 0.25) is 0 Å². The van der Waals surface area contributed by atoms with Crippen molar-refractivity contribution >= 4 is 33.9 Å². The van der Waals surface area contributed by atoms with E-state index in [0.717, 1.165) is 22.3 Å². The van der Waals surface area contributed by atoms with Crippen molar-refractivity contribution in [2.45, 2.75) is 0 Å². The fourth-order valence-electron chi connectivity index (χ4n) is 2.68. The summed E-state index contributed by atoms with van der Waals surface area (Å²) in [7, 11) is 0. The van der Waals surface area contributed by atoms with Crippen LogP contribution in [0.2, 0.25) is 0 Å². The van der Waals surface area contributed by atoms with E-state index >= 15 is 0 Å². The molecule has 26 heavy (non-hydrogen) atoms. The Labute approximate surface area is 150 Å². The molecule has 0 aliphatic rings. The van der Waals surface area contributed by atoms with Crippen molar-refractivity contribution < 1.29 is 4.79 Å². The lowest BCUT2D eigenvalue weighted by Gasteiger charge is -2.09. The molecule has 0 spiro atoms. The highest BCUT2D eigenvalue weighted by atomic mass is 16.1. The van der Waals surface area contributed by atoms with Gasteiger partial charge in [0.05, 0.1) is 23.1 Å². The van der Waals surface area contributed by atoms with Gasteiger partial charge in [-0.05, 0) is 36.4 Å². The SMILES string of the molecule is O=C(Nc1cccc2cccnc12)c1ccc(Nc2ccccc2)cn1. The van der Waals surface area contributed by atoms with E-state index in [2.05, 4.69) is 20.6 Å². The first-order valence-corrected chi connectivity index (χ1v) is 8.23. The monoisotopic (exact) mass is 340 g/mol. The van der Waals surface area contributed by atoms with E-state index in [1.54, 1.807) is 18.5 Å². The summed E-state index contributed by atoms with van der Waals surface area (Å²) < 4.78 is 0. The summed E-state index contributed by atoms with van der Waals surface area (Å²) in [4.78, 5) is 21.1. The van der Waals surface area contributed by atoms with Gasteiger partial charge in [0, 0.05) is 17.3 Å². The van der Waals surface area contributed by atoms with E-state index in [0.29, 0.717) is 11.4 Å². The van der Waals surface area contributed by atoms with Crippen molar-refractivity contribution in [3.63, 3.8) is 0 Å². The number of fused-ring (bicyclic) bond motifs is 1. The molecule has 0 fully saturated rings. The third-order valence-corrected chi connectivity index (χ3v) is 3.94. The molecule has 5 heteroatoms. The first-order valence-electron chi connectivity index (χ1n) is 8.23. The number of rotatable bonds is 4. The molecule has 0 atom stereocenters. The van der Waals surface area contributed by atoms with Gasteiger partial charge in [-0.15, -0.1) is 0 Å². The van der Waals surface area contributed by atoms with Gasteiger partial charge in [0.25, 0.3) is 5.91 Å². The summed E-state index contributed by atoms with van der Waals surface area (Å²) >= 11 is 0. The van der Waals surface area contributed by atoms with Crippen LogP contribution in [0.25, 0.3) is 10.9 Å². The minimum absolute atomic E-state index is 0.269. The number of hydrogen-bond acceptors (Lipinski definition) is 4. The lowest BCUT2D eigenvalue weighted by molar-refractivity contribution is 0.102. The molecule has 4 rings (SSSR count). The van der Waals surface area contributed by atoms with Crippen LogP contribution in [0.5, 0.6) is 0 Å². The molecule has 0 bridgehead atoms. The van der Waals surface area contributed by atoms with Gasteiger partial charge in [0.15, 0.2) is 0 Å². The van der Waals surface area contributed by atoms with Gasteiger partial charge in [-0.25, -0.2) is 4.98 Å². The van der Waals surface area contributed by atoms with Crippen LogP contribution in [0.4, 0.5) is 17.1 Å². The summed E-state index contributed by atoms with van der Waals surface area (Å²) in [5.74, 6) is -0.269. The number of benzene rings is 2. The summed E-state index contributed by atoms with van der Waals surface area (Å²) in [5.41, 5.74) is 3.55. The number of nitrogens with one attached hydrogen (secondary N) is 2. The molecule has 2 heterocycles. The maximum atomic E-state index is 12.5. The van der Waals surface area contributed by atoms with Crippen LogP contribution in [-0.4, -0.2) is 15.9 Å². The standard InChI is InChI=1S/C21H16N4O/c26-21(25-18-10-4-6-15-7-5-13-22-20(15)18)19-12-11-17(14-23-19)24-16-8-2-1-3-9-16/h1-14,24H,(H,25,26). The number of hydrogen-bond donors (Lipinski definition) is 2. The van der Waals surface area contributed by atoms with Gasteiger partial charge < -0.3 is 10.6 Å². The Kier molecular flexibility index (Phi) is 4.26. The number of nitrogens with zero attached hydrogens (tertiary/aromatic N) is 2. The molecule has 0 aliphatic carbocycles. The van der Waals surface area contributed by atoms with E-state index < -0.39 is 0 Å². The molecule has 2 aromatic carbocycles. The maximum absolute atomic E-state index is 12.5. The van der Waals surface area contributed by atoms with Crippen molar-refractivity contribution in [1.29, 1.82) is 0 Å². The molecular weight excluding hydrogens is 324 g/mol. The van der Waals surface area contributed by atoms with E-state index in [1.807, 2.05) is 66.7 Å². The molecule has 0 saturated heterocycles. The highest BCUT2D eigenvalue weighted by molar-refractivity contribution is 6.07. The summed E-state index contributed by atoms with van der Waals surface area (Å²) in [6, 6.07) is 22.8. The lowest BCUT2D eigenvalue weighted by atomic mass is 10.2. The van der Waals surface area contributed by atoms with E-state index in [9.17, 15) is 4.79 Å². The van der Waals surface area contributed by atoms with E-state index in [-0.39, 0.29) is 5.91 Å². The summed E-state index contributed by atoms with van der Waals surface area (Å²) in [6.45, 7) is 0. The van der Waals surface area contributed by atoms with Crippen molar-refractivity contribution in [3.05, 3.63) is 90.9 Å². The highest BCUT2D eigenvalue weighted by Gasteiger charge is 2.10. The molecule has 0 saturated carbocycles. The smallest absolute Gasteiger partial charge is 0.274 e. The van der Waals surface area contributed by atoms with Crippen LogP contribution in [-0.2, 0) is 0 Å². The Bertz CT molecular complexity index is 1040. The predicted octanol–water partition coefficient (Wildman–Crippen LogP) is 4.63. The zero-order chi connectivity index (χ0) is 17.8. The second kappa shape index (κ2) is 7.03. The molecule has 2 N–H and O–H groups in total. The Balaban J connectivity index is 1.51. The second-order valence-electron chi connectivity index (χ2n) is 5.76. The zero-order valence-corrected chi connectivity index (χ0v) is 13.9. The number of aromatic nitrogens is 2. The zero-order valence-electron chi connectivity index (χ0n) is 13.9. The first kappa shape index (κ1) is 15.8. The van der Waals surface area contributed by atoms with Crippen LogP contribution in [0.1, 0.15) is 10.5 Å². The van der Waals surface area contributed by atoms with Crippen LogP contribution in [0.3, 0.4) is 0 Å². The number of amides is 1. The lowest BCUT2D eigenvalue weighted by Crippen LogP contribution is -2.14. The number of para-hydroxylation sites is 2. The summed E-state index contributed by atoms with van der Waals surface area (Å²) in [6.07, 6.45) is 3.35. The Hall–Kier alpha value is -3.73. The average Bonchev–Trinajstić information content (AvgIpc) is 2.70. The van der Waals surface area contributed by atoms with Crippen LogP contribution < -0.4 is 10.6 Å². The molecule has 2 aromatic heterocycles. The predicted molar refractivity (Wildman–Crippen MR) is 104 cm³/mol. The van der Waals surface area contributed by atoms with Crippen LogP contribution in [0.15, 0.2) is 85.2 Å². The normalized spacial score (nSPS) is 10.5. The van der Waals surface area contributed by atoms with Gasteiger partial charge >= 0.3 is 0 Å². The molecule has 0 unspecified atom stereocenters. The van der Waals surface area contributed by atoms with Gasteiger partial charge in [0.1, 0.15) is 5.69 Å². The van der Waals surface area contributed by atoms with Crippen molar-refractivity contribution in [1.82, 2.24) is 9.97 Å². The maximum Gasteiger partial charge on any atom is 0.274 e. The van der Waals surface area contributed by atoms with Gasteiger partial charge in [-0.1, -0.05) is 36.4 Å². The molecule has 5 nitrogen and oxygen atoms in total. The Morgan fingerprint density at radius 1 is 0.769 bits per heavy atom. The van der Waals surface area contributed by atoms with E-state index in [1.165, 1.54) is 0 Å². The first-order chi connectivity index (χ1) is 12.8. The van der Waals surface area contributed by atoms with Crippen molar-refractivity contribution in [3.8, 4) is 0 Å². The molecule has 1 amide bonds. The average molecular weight is 340 g/mol. The van der Waals surface area contributed by atoms with Crippen LogP contribution in [0, 0.1) is 0 Å². The minimum atomic E-state index is -0.269. The number of carbonyl (C=O) groups is 1. The number of carbonyl (C=O) groups excluding carboxylic acids is 1. The molecule has 0 aliphatic heterocycles. The molecule has 126 valence electrons. The highest BCUT2D eigenvalue weighted by Crippen LogP contribution is 2.21. The molecule has 4 aromatic rings. The Morgan fingerprint density at radius 2 is 1.62 bits per heavy atom. The van der Waals surface area contributed by atoms with Crippen molar-refractivity contribution in [2.24, 2.45) is 0 Å². The number of pyridine rings is 2. The second-order valence-corrected chi connectivity index (χ2v) is 5.76. The van der Waals surface area contributed by atoms with Gasteiger partial charge in [-0.3, -0.25) is 9.78 Å². The third kappa shape index (κ3) is 3.37. The minimum Gasteiger partial charge on any atom is -0.354 e. The molecular formula is C21H16N4O. The summed E-state index contributed by atoms with van der Waals surface area (Å²) in [5, 5.41) is 7.10. The van der Waals surface area contributed by atoms with Crippen LogP contribution >= 0.6 is 0 Å². The number of anilines is 3. The van der Waals surface area contributed by atoms with Crippen molar-refractivity contribution in [2.75, 3.05) is 10.6 Å². The fourth-order valence-corrected chi connectivity index (χ4v) is 2.68. The third-order valence-electron chi connectivity index (χ3n) is 3.94. The van der Waals surface area contributed by atoms with Gasteiger partial charge in [-0.2, -0.15) is 0 Å². The quantitative estimate of drug-likeness (QED) is 0.568. The fraction of sp³-hybridized carbons (Fsp3) is 0. The Morgan fingerprint density at radius 3 is 2.42 bits per heavy atom.